The molecule has 0 aliphatic rings. The quantitative estimate of drug-likeness (QED) is 0.0200. The number of unbranched alkanes of at least 4 members (excludes halogenated alkanes) is 18. The topological polar surface area (TPSA) is 146 Å². The second kappa shape index (κ2) is 25.0. The van der Waals surface area contributed by atoms with Crippen LogP contribution in [0.5, 0.6) is 34.5 Å². The number of phenolic OH excluding ortho intramolecular Hbond substituents is 6. The van der Waals surface area contributed by atoms with Gasteiger partial charge in [0.2, 0.25) is 0 Å². The third-order valence-corrected chi connectivity index (χ3v) is 12.7. The highest BCUT2D eigenvalue weighted by Gasteiger charge is 2.29. The van der Waals surface area contributed by atoms with Crippen molar-refractivity contribution >= 4 is 34.0 Å². The average molecular weight is 853 g/mol. The van der Waals surface area contributed by atoms with Gasteiger partial charge in [0.25, 0.3) is 0 Å². The van der Waals surface area contributed by atoms with E-state index in [4.69, 9.17) is 0 Å². The zero-order chi connectivity index (χ0) is 45.3. The van der Waals surface area contributed by atoms with E-state index >= 15 is 0 Å². The zero-order valence-corrected chi connectivity index (χ0v) is 39.6. The van der Waals surface area contributed by atoms with Gasteiger partial charge in [-0.2, -0.15) is 0 Å². The molecule has 0 atom stereocenters. The van der Waals surface area contributed by atoms with Gasteiger partial charge in [-0.05, 0) is 60.4 Å². The molecule has 6 N–H and O–H groups in total. The van der Waals surface area contributed by atoms with Crippen LogP contribution < -0.4 is 0 Å². The van der Waals surface area contributed by atoms with Crippen LogP contribution >= 0.6 is 0 Å². The lowest BCUT2D eigenvalue weighted by molar-refractivity contribution is 0.398. The van der Waals surface area contributed by atoms with Gasteiger partial charge in [0.15, 0.2) is 23.0 Å². The molecular weight excluding hydrogens is 773 g/mol. The van der Waals surface area contributed by atoms with Gasteiger partial charge in [0, 0.05) is 69.7 Å². The maximum atomic E-state index is 12.5. The van der Waals surface area contributed by atoms with Crippen LogP contribution in [0.3, 0.4) is 0 Å². The van der Waals surface area contributed by atoms with Gasteiger partial charge in [-0.15, -0.1) is 0 Å². The fraction of sp³-hybridized carbons (Fsp3) is 0.593. The van der Waals surface area contributed by atoms with Gasteiger partial charge >= 0.3 is 0 Å². The Hall–Kier alpha value is -4.46. The van der Waals surface area contributed by atoms with E-state index < -0.39 is 0 Å². The summed E-state index contributed by atoms with van der Waals surface area (Å²) in [4.78, 5) is 9.37. The summed E-state index contributed by atoms with van der Waals surface area (Å²) in [6, 6.07) is 3.79. The Bertz CT molecular complexity index is 1980. The van der Waals surface area contributed by atoms with Gasteiger partial charge < -0.3 is 30.6 Å². The number of aromatic hydroxyl groups is 6. The van der Waals surface area contributed by atoms with Crippen LogP contribution in [0.2, 0.25) is 0 Å². The largest absolute Gasteiger partial charge is 0.507 e. The summed E-state index contributed by atoms with van der Waals surface area (Å²) in [6.07, 6.45) is 27.3. The first-order valence-electron chi connectivity index (χ1n) is 24.3. The molecule has 4 rings (SSSR count). The van der Waals surface area contributed by atoms with Crippen LogP contribution in [0.4, 0.5) is 0 Å². The second-order valence-electron chi connectivity index (χ2n) is 18.5. The van der Waals surface area contributed by atoms with Crippen LogP contribution in [-0.2, 0) is 0 Å². The fourth-order valence-electron chi connectivity index (χ4n) is 9.32. The Morgan fingerprint density at radius 2 is 0.710 bits per heavy atom. The highest BCUT2D eigenvalue weighted by atomic mass is 16.3. The molecule has 0 aliphatic heterocycles. The third kappa shape index (κ3) is 12.4. The minimum atomic E-state index is -0.347. The Labute approximate surface area is 373 Å². The van der Waals surface area contributed by atoms with Crippen molar-refractivity contribution in [3.63, 3.8) is 0 Å². The molecule has 0 heterocycles. The molecule has 0 saturated heterocycles. The maximum absolute atomic E-state index is 12.5. The third-order valence-electron chi connectivity index (χ3n) is 12.7. The number of hydrogen-bond acceptors (Lipinski definition) is 8. The molecule has 0 spiro atoms. The van der Waals surface area contributed by atoms with E-state index in [9.17, 15) is 30.6 Å². The van der Waals surface area contributed by atoms with Crippen molar-refractivity contribution in [2.24, 2.45) is 9.98 Å². The predicted octanol–water partition coefficient (Wildman–Crippen LogP) is 15.4. The summed E-state index contributed by atoms with van der Waals surface area (Å²) in [5, 5.41) is 72.5. The molecule has 0 saturated carbocycles. The lowest BCUT2D eigenvalue weighted by Gasteiger charge is -2.23. The van der Waals surface area contributed by atoms with Crippen molar-refractivity contribution in [3.05, 3.63) is 45.5 Å². The van der Waals surface area contributed by atoms with Crippen LogP contribution in [0.15, 0.2) is 22.1 Å². The molecule has 4 aromatic rings. The number of aryl methyl sites for hydroxylation is 2. The van der Waals surface area contributed by atoms with E-state index in [0.717, 1.165) is 38.5 Å². The number of benzene rings is 4. The second-order valence-corrected chi connectivity index (χ2v) is 18.5. The lowest BCUT2D eigenvalue weighted by atomic mass is 9.83. The normalized spacial score (nSPS) is 12.2. The van der Waals surface area contributed by atoms with E-state index in [1.54, 1.807) is 12.4 Å². The van der Waals surface area contributed by atoms with Gasteiger partial charge in [-0.1, -0.05) is 169 Å². The van der Waals surface area contributed by atoms with E-state index in [0.29, 0.717) is 68.0 Å². The molecule has 0 fully saturated rings. The molecular formula is C54H80N2O6. The van der Waals surface area contributed by atoms with Crippen molar-refractivity contribution in [2.45, 2.75) is 196 Å². The summed E-state index contributed by atoms with van der Waals surface area (Å²) in [7, 11) is 0. The lowest BCUT2D eigenvalue weighted by Crippen LogP contribution is -2.01. The van der Waals surface area contributed by atoms with E-state index in [2.05, 4.69) is 23.8 Å². The first kappa shape index (κ1) is 50.2. The van der Waals surface area contributed by atoms with Crippen molar-refractivity contribution in [1.82, 2.24) is 0 Å². The van der Waals surface area contributed by atoms with E-state index in [1.807, 2.05) is 53.7 Å². The summed E-state index contributed by atoms with van der Waals surface area (Å²) in [5.41, 5.74) is 3.49. The number of fused-ring (bicyclic) bond motifs is 2. The van der Waals surface area contributed by atoms with E-state index in [1.165, 1.54) is 89.9 Å². The number of rotatable bonds is 27. The minimum Gasteiger partial charge on any atom is -0.507 e. The molecule has 0 radical (unpaired) electrons. The maximum Gasteiger partial charge on any atom is 0.167 e. The first-order chi connectivity index (χ1) is 29.8. The van der Waals surface area contributed by atoms with Crippen molar-refractivity contribution in [1.29, 1.82) is 0 Å². The van der Waals surface area contributed by atoms with Crippen molar-refractivity contribution in [3.8, 4) is 45.6 Å². The van der Waals surface area contributed by atoms with Gasteiger partial charge in [-0.25, -0.2) is 0 Å². The summed E-state index contributed by atoms with van der Waals surface area (Å²) >= 11 is 0. The number of phenols is 6. The zero-order valence-electron chi connectivity index (χ0n) is 39.6. The molecule has 0 aliphatic carbocycles. The Balaban J connectivity index is 1.73. The van der Waals surface area contributed by atoms with Crippen LogP contribution in [0, 0.1) is 13.8 Å². The molecule has 0 bridgehead atoms. The molecule has 8 nitrogen and oxygen atoms in total. The Morgan fingerprint density at radius 3 is 1.00 bits per heavy atom. The van der Waals surface area contributed by atoms with Crippen molar-refractivity contribution < 1.29 is 30.6 Å². The number of nitrogens with zero attached hydrogens (tertiary/aromatic N) is 2. The van der Waals surface area contributed by atoms with Crippen molar-refractivity contribution in [2.75, 3.05) is 13.1 Å². The Morgan fingerprint density at radius 1 is 0.419 bits per heavy atom. The number of aliphatic imine (C=N–C) groups is 2. The molecule has 4 aromatic carbocycles. The smallest absolute Gasteiger partial charge is 0.167 e. The van der Waals surface area contributed by atoms with Gasteiger partial charge in [0.1, 0.15) is 11.5 Å². The number of hydrogen-bond donors (Lipinski definition) is 6. The van der Waals surface area contributed by atoms with Crippen LogP contribution in [-0.4, -0.2) is 56.2 Å². The van der Waals surface area contributed by atoms with Crippen LogP contribution in [0.25, 0.3) is 32.7 Å². The molecule has 0 amide bonds. The van der Waals surface area contributed by atoms with Crippen LogP contribution in [0.1, 0.15) is 215 Å². The summed E-state index contributed by atoms with van der Waals surface area (Å²) < 4.78 is 0. The predicted molar refractivity (Wildman–Crippen MR) is 263 cm³/mol. The molecule has 0 aromatic heterocycles. The minimum absolute atomic E-state index is 0.154. The summed E-state index contributed by atoms with van der Waals surface area (Å²) in [5.74, 6) is -1.84. The molecule has 342 valence electrons. The Kier molecular flexibility index (Phi) is 20.2. The molecule has 62 heavy (non-hydrogen) atoms. The highest BCUT2D eigenvalue weighted by molar-refractivity contribution is 6.15. The van der Waals surface area contributed by atoms with Gasteiger partial charge in [0.05, 0.1) is 0 Å². The monoisotopic (exact) mass is 853 g/mol. The fourth-order valence-corrected chi connectivity index (χ4v) is 9.32. The standard InChI is InChI=1S/C54H80N2O6/c1-9-11-13-15-17-19-21-23-25-27-29-55-33-41-47-39(43(35(3)4)53(61)49(41)57)31-37(7)45(51(47)59)46-38(8)32-40-44(36(5)6)54(62)50(58)42(48(40)52(46)60)34-56-30-28-26-24-22-20-18-16-14-12-10-2/h31-36,57-62H,9-30H2,1-8H3. The van der Waals surface area contributed by atoms with E-state index in [-0.39, 0.29) is 57.5 Å². The molecule has 8 heteroatoms. The summed E-state index contributed by atoms with van der Waals surface area (Å²) in [6.45, 7) is 17.0. The average Bonchev–Trinajstić information content (AvgIpc) is 3.22. The highest BCUT2D eigenvalue weighted by Crippen LogP contribution is 2.54. The molecule has 0 unspecified atom stereocenters. The first-order valence-corrected chi connectivity index (χ1v) is 24.3. The SMILES string of the molecule is CCCCCCCCCCCCN=Cc1c(O)c(O)c(C(C)C)c2cc(C)c(-c3c(C)cc4c(C(C)C)c(O)c(O)c(C=NCCCCCCCCCCCC)c4c3O)c(O)c12. The van der Waals surface area contributed by atoms with Gasteiger partial charge in [-0.3, -0.25) is 9.98 Å².